The van der Waals surface area contributed by atoms with Crippen LogP contribution in [0, 0.1) is 11.6 Å². The minimum absolute atomic E-state index is 0.242. The highest BCUT2D eigenvalue weighted by Gasteiger charge is 2.37. The molecule has 2 aliphatic rings. The average molecular weight is 427 g/mol. The number of fused-ring (bicyclic) bond motifs is 2. The molecule has 1 aliphatic heterocycles. The van der Waals surface area contributed by atoms with E-state index < -0.39 is 17.2 Å². The molecule has 1 aliphatic carbocycles. The first-order valence-electron chi connectivity index (χ1n) is 10.3. The van der Waals surface area contributed by atoms with E-state index in [0.717, 1.165) is 36.4 Å². The van der Waals surface area contributed by atoms with Crippen molar-refractivity contribution in [3.63, 3.8) is 0 Å². The van der Waals surface area contributed by atoms with Gasteiger partial charge in [0.25, 0.3) is 5.91 Å². The summed E-state index contributed by atoms with van der Waals surface area (Å²) < 4.78 is 40.3. The van der Waals surface area contributed by atoms with Crippen LogP contribution >= 0.6 is 0 Å². The highest BCUT2D eigenvalue weighted by molar-refractivity contribution is 6.00. The lowest BCUT2D eigenvalue weighted by Gasteiger charge is -2.36. The molecule has 31 heavy (non-hydrogen) atoms. The third-order valence-electron chi connectivity index (χ3n) is 6.10. The summed E-state index contributed by atoms with van der Waals surface area (Å²) in [5.41, 5.74) is 2.39. The van der Waals surface area contributed by atoms with Gasteiger partial charge >= 0.3 is 0 Å². The van der Waals surface area contributed by atoms with Crippen LogP contribution in [0.1, 0.15) is 59.4 Å². The maximum absolute atomic E-state index is 13.9. The maximum Gasteiger partial charge on any atom is 0.255 e. The largest absolute Gasteiger partial charge is 0.493 e. The number of ether oxygens (including phenoxy) is 2. The van der Waals surface area contributed by atoms with Gasteiger partial charge in [-0.3, -0.25) is 4.79 Å². The molecule has 1 saturated carbocycles. The zero-order valence-corrected chi connectivity index (χ0v) is 17.4. The van der Waals surface area contributed by atoms with E-state index in [1.807, 2.05) is 16.7 Å². The molecule has 0 spiro atoms. The van der Waals surface area contributed by atoms with E-state index in [0.29, 0.717) is 35.7 Å². The van der Waals surface area contributed by atoms with Gasteiger partial charge in [0.05, 0.1) is 30.0 Å². The molecule has 162 valence electrons. The van der Waals surface area contributed by atoms with Crippen molar-refractivity contribution >= 4 is 11.6 Å². The van der Waals surface area contributed by atoms with Crippen LogP contribution < -0.4 is 10.1 Å². The van der Waals surface area contributed by atoms with Crippen molar-refractivity contribution in [2.75, 3.05) is 13.7 Å². The van der Waals surface area contributed by atoms with Gasteiger partial charge in [0.15, 0.2) is 11.6 Å². The summed E-state index contributed by atoms with van der Waals surface area (Å²) in [4.78, 5) is 18.0. The number of carbonyl (C=O) groups is 1. The Labute approximate surface area is 178 Å². The van der Waals surface area contributed by atoms with Crippen LogP contribution in [0.4, 0.5) is 8.78 Å². The molecule has 1 aromatic carbocycles. The lowest BCUT2D eigenvalue weighted by Crippen LogP contribution is -2.46. The molecule has 1 N–H and O–H groups in total. The molecule has 6 nitrogen and oxygen atoms in total. The quantitative estimate of drug-likeness (QED) is 0.667. The highest BCUT2D eigenvalue weighted by atomic mass is 19.2. The van der Waals surface area contributed by atoms with Gasteiger partial charge in [-0.2, -0.15) is 0 Å². The lowest BCUT2D eigenvalue weighted by atomic mass is 9.86. The summed E-state index contributed by atoms with van der Waals surface area (Å²) in [6.45, 7) is 2.43. The van der Waals surface area contributed by atoms with Crippen molar-refractivity contribution in [2.24, 2.45) is 0 Å². The number of carbonyl (C=O) groups excluding carboxylic acids is 1. The molecule has 1 fully saturated rings. The summed E-state index contributed by atoms with van der Waals surface area (Å²) in [7, 11) is 1.61. The molecular weight excluding hydrogens is 404 g/mol. The molecule has 3 aromatic rings. The second-order valence-electron chi connectivity index (χ2n) is 8.45. The first kappa shape index (κ1) is 19.9. The second-order valence-corrected chi connectivity index (χ2v) is 8.45. The Balaban J connectivity index is 1.52. The molecule has 1 amide bonds. The molecule has 0 radical (unpaired) electrons. The van der Waals surface area contributed by atoms with Crippen LogP contribution in [0.2, 0.25) is 0 Å². The molecular formula is C23H23F2N3O3. The van der Waals surface area contributed by atoms with Crippen molar-refractivity contribution in [1.82, 2.24) is 14.7 Å². The minimum atomic E-state index is -0.977. The van der Waals surface area contributed by atoms with Crippen molar-refractivity contribution in [3.8, 4) is 5.75 Å². The van der Waals surface area contributed by atoms with E-state index in [2.05, 4.69) is 10.3 Å². The molecule has 8 heteroatoms. The van der Waals surface area contributed by atoms with Crippen LogP contribution in [-0.2, 0) is 16.9 Å². The lowest BCUT2D eigenvalue weighted by molar-refractivity contribution is 0.0874. The van der Waals surface area contributed by atoms with Crippen LogP contribution in [-0.4, -0.2) is 29.0 Å². The SMILES string of the molecule is COCc1cc(C2CC2)n2ccc(C(=O)NC3(C)CCOc4cc(F)c(F)cc43)c2n1. The van der Waals surface area contributed by atoms with E-state index in [1.165, 1.54) is 0 Å². The van der Waals surface area contributed by atoms with Gasteiger partial charge in [-0.15, -0.1) is 0 Å². The normalized spacial score (nSPS) is 20.4. The number of aromatic nitrogens is 2. The van der Waals surface area contributed by atoms with Crippen molar-refractivity contribution < 1.29 is 23.0 Å². The fourth-order valence-corrected chi connectivity index (χ4v) is 4.27. The third kappa shape index (κ3) is 3.44. The monoisotopic (exact) mass is 427 g/mol. The number of methoxy groups -OCH3 is 1. The van der Waals surface area contributed by atoms with Gasteiger partial charge in [-0.25, -0.2) is 13.8 Å². The van der Waals surface area contributed by atoms with E-state index in [9.17, 15) is 13.6 Å². The molecule has 1 atom stereocenters. The fourth-order valence-electron chi connectivity index (χ4n) is 4.27. The molecule has 0 saturated heterocycles. The van der Waals surface area contributed by atoms with Gasteiger partial charge in [0, 0.05) is 37.1 Å². The third-order valence-corrected chi connectivity index (χ3v) is 6.10. The van der Waals surface area contributed by atoms with E-state index in [4.69, 9.17) is 9.47 Å². The zero-order valence-electron chi connectivity index (χ0n) is 17.4. The summed E-state index contributed by atoms with van der Waals surface area (Å²) >= 11 is 0. The van der Waals surface area contributed by atoms with Crippen LogP contribution in [0.25, 0.3) is 5.65 Å². The Morgan fingerprint density at radius 3 is 2.84 bits per heavy atom. The van der Waals surface area contributed by atoms with Crippen LogP contribution in [0.5, 0.6) is 5.75 Å². The number of nitrogens with one attached hydrogen (secondary N) is 1. The Bertz CT molecular complexity index is 1190. The maximum atomic E-state index is 13.9. The molecule has 2 aromatic heterocycles. The fraction of sp³-hybridized carbons (Fsp3) is 0.391. The number of hydrogen-bond donors (Lipinski definition) is 1. The second kappa shape index (κ2) is 7.30. The predicted octanol–water partition coefficient (Wildman–Crippen LogP) is 4.06. The van der Waals surface area contributed by atoms with Crippen molar-refractivity contribution in [1.29, 1.82) is 0 Å². The summed E-state index contributed by atoms with van der Waals surface area (Å²) in [6.07, 6.45) is 4.51. The minimum Gasteiger partial charge on any atom is -0.493 e. The van der Waals surface area contributed by atoms with Gasteiger partial charge in [-0.05, 0) is 43.9 Å². The van der Waals surface area contributed by atoms with Gasteiger partial charge < -0.3 is 19.2 Å². The first-order valence-corrected chi connectivity index (χ1v) is 10.3. The van der Waals surface area contributed by atoms with Crippen molar-refractivity contribution in [2.45, 2.75) is 44.2 Å². The van der Waals surface area contributed by atoms with Gasteiger partial charge in [0.2, 0.25) is 0 Å². The first-order chi connectivity index (χ1) is 14.9. The number of halogens is 2. The zero-order chi connectivity index (χ0) is 21.8. The Hall–Kier alpha value is -3.00. The Kier molecular flexibility index (Phi) is 4.69. The van der Waals surface area contributed by atoms with E-state index in [-0.39, 0.29) is 18.3 Å². The van der Waals surface area contributed by atoms with E-state index in [1.54, 1.807) is 20.1 Å². The molecule has 0 bridgehead atoms. The average Bonchev–Trinajstić information content (AvgIpc) is 3.48. The molecule has 1 unspecified atom stereocenters. The van der Waals surface area contributed by atoms with Gasteiger partial charge in [0.1, 0.15) is 11.4 Å². The standard InChI is InChI=1S/C23H23F2N3O3/c1-23(6-8-31-20-11-18(25)17(24)10-16(20)23)27-22(29)15-5-7-28-19(13-3-4-13)9-14(12-30-2)26-21(15)28/h5,7,9-11,13H,3-4,6,8,12H2,1-2H3,(H,27,29). The smallest absolute Gasteiger partial charge is 0.255 e. The van der Waals surface area contributed by atoms with Gasteiger partial charge in [-0.1, -0.05) is 0 Å². The Morgan fingerprint density at radius 2 is 2.10 bits per heavy atom. The van der Waals surface area contributed by atoms with Crippen molar-refractivity contribution in [3.05, 3.63) is 64.6 Å². The number of amides is 1. The predicted molar refractivity (Wildman–Crippen MR) is 109 cm³/mol. The van der Waals surface area contributed by atoms with Crippen LogP contribution in [0.3, 0.4) is 0 Å². The number of hydrogen-bond acceptors (Lipinski definition) is 4. The number of nitrogens with zero attached hydrogens (tertiary/aromatic N) is 2. The summed E-state index contributed by atoms with van der Waals surface area (Å²) in [5, 5.41) is 3.02. The highest BCUT2D eigenvalue weighted by Crippen LogP contribution is 2.41. The van der Waals surface area contributed by atoms with Crippen LogP contribution in [0.15, 0.2) is 30.5 Å². The number of benzene rings is 1. The summed E-state index contributed by atoms with van der Waals surface area (Å²) in [5.74, 6) is -1.57. The van der Waals surface area contributed by atoms with E-state index >= 15 is 0 Å². The summed E-state index contributed by atoms with van der Waals surface area (Å²) in [6, 6.07) is 5.91. The topological polar surface area (TPSA) is 64.9 Å². The molecule has 5 rings (SSSR count). The Morgan fingerprint density at radius 1 is 1.32 bits per heavy atom. The molecule has 3 heterocycles. The number of rotatable bonds is 5.